The van der Waals surface area contributed by atoms with Gasteiger partial charge in [0.15, 0.2) is 0 Å². The van der Waals surface area contributed by atoms with Crippen molar-refractivity contribution < 1.29 is 4.79 Å². The van der Waals surface area contributed by atoms with Crippen molar-refractivity contribution >= 4 is 5.91 Å². The Morgan fingerprint density at radius 1 is 1.14 bits per heavy atom. The van der Waals surface area contributed by atoms with Crippen molar-refractivity contribution in [3.63, 3.8) is 0 Å². The Hall–Kier alpha value is -2.18. The fourth-order valence-electron chi connectivity index (χ4n) is 4.51. The predicted molar refractivity (Wildman–Crippen MR) is 110 cm³/mol. The molecule has 0 radical (unpaired) electrons. The van der Waals surface area contributed by atoms with Crippen molar-refractivity contribution in [2.75, 3.05) is 40.3 Å². The second-order valence-corrected chi connectivity index (χ2v) is 8.53. The number of hydrogen-bond acceptors (Lipinski definition) is 4. The number of nitrogens with zero attached hydrogens (tertiary/aromatic N) is 5. The van der Waals surface area contributed by atoms with Crippen molar-refractivity contribution in [1.29, 1.82) is 0 Å². The standard InChI is InChI=1S/C22H31N5O/c1-17-19(14-27(23-17)20-7-5-4-6-8-20)13-26-12-18-9-10-21(26)15-25(11-18)16-22(28)24(2)3/h4-8,14,18,21H,9-13,15-16H2,1-3H3/t18-,21+/m1/s1. The number of fused-ring (bicyclic) bond motifs is 4. The average molecular weight is 382 g/mol. The monoisotopic (exact) mass is 381 g/mol. The SMILES string of the molecule is Cc1nn(-c2ccccc2)cc1CN1C[C@@H]2CC[C@H]1CN(CC(=O)N(C)C)C2. The molecule has 3 aliphatic heterocycles. The molecule has 5 rings (SSSR count). The van der Waals surface area contributed by atoms with E-state index in [0.29, 0.717) is 18.5 Å². The number of para-hydroxylation sites is 1. The Balaban J connectivity index is 1.46. The first-order valence-electron chi connectivity index (χ1n) is 10.3. The van der Waals surface area contributed by atoms with E-state index >= 15 is 0 Å². The molecule has 3 fully saturated rings. The second-order valence-electron chi connectivity index (χ2n) is 8.53. The summed E-state index contributed by atoms with van der Waals surface area (Å²) in [6, 6.07) is 10.8. The van der Waals surface area contributed by atoms with Crippen LogP contribution in [0.4, 0.5) is 0 Å². The molecule has 0 unspecified atom stereocenters. The first-order chi connectivity index (χ1) is 13.5. The van der Waals surface area contributed by atoms with Gasteiger partial charge in [-0.05, 0) is 37.8 Å². The van der Waals surface area contributed by atoms with Crippen LogP contribution in [-0.2, 0) is 11.3 Å². The Morgan fingerprint density at radius 2 is 1.93 bits per heavy atom. The van der Waals surface area contributed by atoms with Crippen LogP contribution < -0.4 is 0 Å². The summed E-state index contributed by atoms with van der Waals surface area (Å²) < 4.78 is 1.99. The van der Waals surface area contributed by atoms with E-state index in [-0.39, 0.29) is 5.91 Å². The van der Waals surface area contributed by atoms with Gasteiger partial charge in [0.2, 0.25) is 5.91 Å². The Kier molecular flexibility index (Phi) is 5.51. The molecular formula is C22H31N5O. The molecule has 150 valence electrons. The van der Waals surface area contributed by atoms with Gasteiger partial charge in [0.05, 0.1) is 17.9 Å². The van der Waals surface area contributed by atoms with Crippen LogP contribution in [0.25, 0.3) is 5.69 Å². The predicted octanol–water partition coefficient (Wildman–Crippen LogP) is 2.17. The molecule has 1 aromatic heterocycles. The zero-order chi connectivity index (χ0) is 19.7. The zero-order valence-electron chi connectivity index (χ0n) is 17.2. The number of amides is 1. The van der Waals surface area contributed by atoms with Gasteiger partial charge in [-0.15, -0.1) is 0 Å². The lowest BCUT2D eigenvalue weighted by molar-refractivity contribution is -0.130. The van der Waals surface area contributed by atoms with Gasteiger partial charge in [0.1, 0.15) is 0 Å². The van der Waals surface area contributed by atoms with Gasteiger partial charge >= 0.3 is 0 Å². The van der Waals surface area contributed by atoms with E-state index in [9.17, 15) is 4.79 Å². The average Bonchev–Trinajstić information content (AvgIpc) is 2.84. The maximum absolute atomic E-state index is 12.2. The minimum absolute atomic E-state index is 0.202. The van der Waals surface area contributed by atoms with Gasteiger partial charge in [-0.2, -0.15) is 5.10 Å². The highest BCUT2D eigenvalue weighted by Crippen LogP contribution is 2.29. The third-order valence-electron chi connectivity index (χ3n) is 6.16. The molecular weight excluding hydrogens is 350 g/mol. The van der Waals surface area contributed by atoms with Crippen LogP contribution in [0.2, 0.25) is 0 Å². The molecule has 1 amide bonds. The van der Waals surface area contributed by atoms with Crippen LogP contribution in [0.5, 0.6) is 0 Å². The number of likely N-dealkylation sites (N-methyl/N-ethyl adjacent to an activating group) is 1. The minimum atomic E-state index is 0.202. The van der Waals surface area contributed by atoms with Crippen LogP contribution in [-0.4, -0.2) is 76.7 Å². The lowest BCUT2D eigenvalue weighted by Crippen LogP contribution is -2.44. The fraction of sp³-hybridized carbons (Fsp3) is 0.545. The van der Waals surface area contributed by atoms with Crippen LogP contribution in [0.3, 0.4) is 0 Å². The quantitative estimate of drug-likeness (QED) is 0.796. The summed E-state index contributed by atoms with van der Waals surface area (Å²) in [5.74, 6) is 0.853. The molecule has 2 atom stereocenters. The molecule has 2 aromatic rings. The zero-order valence-corrected chi connectivity index (χ0v) is 17.2. The van der Waals surface area contributed by atoms with E-state index in [1.54, 1.807) is 4.90 Å². The summed E-state index contributed by atoms with van der Waals surface area (Å²) in [6.07, 6.45) is 4.68. The van der Waals surface area contributed by atoms with Crippen molar-refractivity contribution in [3.8, 4) is 5.69 Å². The van der Waals surface area contributed by atoms with Crippen LogP contribution in [0.15, 0.2) is 36.5 Å². The van der Waals surface area contributed by atoms with Crippen molar-refractivity contribution in [1.82, 2.24) is 24.5 Å². The molecule has 3 saturated heterocycles. The summed E-state index contributed by atoms with van der Waals surface area (Å²) in [5, 5.41) is 4.74. The first-order valence-corrected chi connectivity index (χ1v) is 10.3. The number of piperidine rings is 1. The molecule has 4 heterocycles. The lowest BCUT2D eigenvalue weighted by atomic mass is 9.94. The molecule has 2 bridgehead atoms. The van der Waals surface area contributed by atoms with E-state index in [4.69, 9.17) is 5.10 Å². The molecule has 1 aromatic carbocycles. The molecule has 28 heavy (non-hydrogen) atoms. The highest BCUT2D eigenvalue weighted by molar-refractivity contribution is 5.77. The van der Waals surface area contributed by atoms with E-state index in [1.165, 1.54) is 18.4 Å². The highest BCUT2D eigenvalue weighted by atomic mass is 16.2. The van der Waals surface area contributed by atoms with Crippen molar-refractivity contribution in [2.24, 2.45) is 5.92 Å². The molecule has 6 heteroatoms. The Morgan fingerprint density at radius 3 is 2.68 bits per heavy atom. The van der Waals surface area contributed by atoms with E-state index in [2.05, 4.69) is 35.1 Å². The third kappa shape index (κ3) is 4.13. The number of carbonyl (C=O) groups excluding carboxylic acids is 1. The second kappa shape index (κ2) is 8.05. The molecule has 0 saturated carbocycles. The number of rotatable bonds is 5. The van der Waals surface area contributed by atoms with Crippen LogP contribution in [0.1, 0.15) is 24.1 Å². The summed E-state index contributed by atoms with van der Waals surface area (Å²) >= 11 is 0. The summed E-state index contributed by atoms with van der Waals surface area (Å²) in [5.41, 5.74) is 3.50. The van der Waals surface area contributed by atoms with Gasteiger partial charge < -0.3 is 4.90 Å². The largest absolute Gasteiger partial charge is 0.348 e. The summed E-state index contributed by atoms with van der Waals surface area (Å²) in [4.78, 5) is 18.9. The number of hydrogen-bond donors (Lipinski definition) is 0. The van der Waals surface area contributed by atoms with E-state index < -0.39 is 0 Å². The lowest BCUT2D eigenvalue weighted by Gasteiger charge is -2.36. The van der Waals surface area contributed by atoms with Gasteiger partial charge in [-0.25, -0.2) is 4.68 Å². The van der Waals surface area contributed by atoms with Gasteiger partial charge in [0, 0.05) is 58.1 Å². The van der Waals surface area contributed by atoms with Crippen molar-refractivity contribution in [3.05, 3.63) is 47.8 Å². The number of aromatic nitrogens is 2. The number of carbonyl (C=O) groups is 1. The van der Waals surface area contributed by atoms with Crippen LogP contribution >= 0.6 is 0 Å². The number of aryl methyl sites for hydroxylation is 1. The molecule has 6 nitrogen and oxygen atoms in total. The molecule has 0 spiro atoms. The summed E-state index contributed by atoms with van der Waals surface area (Å²) in [6.45, 7) is 6.73. The van der Waals surface area contributed by atoms with Gasteiger partial charge in [0.25, 0.3) is 0 Å². The Labute approximate surface area is 167 Å². The Bertz CT molecular complexity index is 816. The maximum atomic E-state index is 12.2. The van der Waals surface area contributed by atoms with Crippen LogP contribution in [0, 0.1) is 12.8 Å². The van der Waals surface area contributed by atoms with Gasteiger partial charge in [-0.1, -0.05) is 18.2 Å². The molecule has 0 aliphatic carbocycles. The molecule has 0 N–H and O–H groups in total. The highest BCUT2D eigenvalue weighted by Gasteiger charge is 2.35. The van der Waals surface area contributed by atoms with Crippen molar-refractivity contribution in [2.45, 2.75) is 32.4 Å². The van der Waals surface area contributed by atoms with E-state index in [0.717, 1.165) is 37.6 Å². The van der Waals surface area contributed by atoms with Gasteiger partial charge in [-0.3, -0.25) is 14.6 Å². The van der Waals surface area contributed by atoms with E-state index in [1.807, 2.05) is 37.0 Å². The fourth-order valence-corrected chi connectivity index (χ4v) is 4.51. The molecule has 3 aliphatic rings. The topological polar surface area (TPSA) is 44.6 Å². The first kappa shape index (κ1) is 19.2. The smallest absolute Gasteiger partial charge is 0.236 e. The normalized spacial score (nSPS) is 23.0. The third-order valence-corrected chi connectivity index (χ3v) is 6.16. The summed E-state index contributed by atoms with van der Waals surface area (Å²) in [7, 11) is 3.68. The maximum Gasteiger partial charge on any atom is 0.236 e. The minimum Gasteiger partial charge on any atom is -0.348 e. The number of benzene rings is 1.